The Morgan fingerprint density at radius 1 is 1.89 bits per heavy atom. The van der Waals surface area contributed by atoms with Gasteiger partial charge < -0.3 is 5.11 Å². The van der Waals surface area contributed by atoms with Crippen LogP contribution in [0.3, 0.4) is 0 Å². The van der Waals surface area contributed by atoms with Gasteiger partial charge >= 0.3 is 5.97 Å². The fraction of sp³-hybridized carbons (Fsp3) is 0.500. The smallest absolute Gasteiger partial charge is 0.303 e. The number of hydrogen-bond acceptors (Lipinski definition) is 1. The van der Waals surface area contributed by atoms with Crippen molar-refractivity contribution in [1.29, 1.82) is 0 Å². The van der Waals surface area contributed by atoms with E-state index in [1.807, 2.05) is 6.92 Å². The van der Waals surface area contributed by atoms with Gasteiger partial charge in [-0.25, -0.2) is 0 Å². The van der Waals surface area contributed by atoms with Crippen LogP contribution in [0.25, 0.3) is 0 Å². The van der Waals surface area contributed by atoms with Gasteiger partial charge in [-0.1, -0.05) is 28.9 Å². The first-order valence-corrected chi connectivity index (χ1v) is 3.57. The summed E-state index contributed by atoms with van der Waals surface area (Å²) in [5.41, 5.74) is 0. The van der Waals surface area contributed by atoms with Crippen LogP contribution in [0.1, 0.15) is 13.3 Å². The van der Waals surface area contributed by atoms with Crippen LogP contribution in [0.4, 0.5) is 0 Å². The number of halogens is 1. The molecule has 0 amide bonds. The quantitative estimate of drug-likeness (QED) is 0.744. The molecule has 1 atom stereocenters. The summed E-state index contributed by atoms with van der Waals surface area (Å²) in [4.78, 5) is 11.7. The summed E-state index contributed by atoms with van der Waals surface area (Å²) in [5, 5.41) is 8.26. The zero-order valence-corrected chi connectivity index (χ0v) is 6.76. The predicted molar refractivity (Wildman–Crippen MR) is 39.5 cm³/mol. The van der Waals surface area contributed by atoms with E-state index in [0.717, 1.165) is 0 Å². The van der Waals surface area contributed by atoms with E-state index in [1.165, 1.54) is 0 Å². The molecule has 0 spiro atoms. The third kappa shape index (κ3) is 5.56. The normalized spacial score (nSPS) is 14.0. The molecule has 3 heteroatoms. The van der Waals surface area contributed by atoms with Gasteiger partial charge in [-0.15, -0.1) is 0 Å². The molecular weight excluding hydrogens is 184 g/mol. The van der Waals surface area contributed by atoms with Crippen molar-refractivity contribution < 1.29 is 9.90 Å². The van der Waals surface area contributed by atoms with Gasteiger partial charge in [0.25, 0.3) is 0 Å². The highest BCUT2D eigenvalue weighted by Crippen LogP contribution is 2.03. The van der Waals surface area contributed by atoms with Crippen molar-refractivity contribution >= 4 is 21.9 Å². The molecule has 0 heterocycles. The molecule has 0 saturated heterocycles. The number of carboxylic acid groups (broad SMARTS) is 1. The Kier molecular flexibility index (Phi) is 4.40. The van der Waals surface area contributed by atoms with E-state index in [4.69, 9.17) is 5.11 Å². The van der Waals surface area contributed by atoms with Gasteiger partial charge in [0, 0.05) is 0 Å². The highest BCUT2D eigenvalue weighted by molar-refractivity contribution is 9.11. The van der Waals surface area contributed by atoms with E-state index in [1.54, 1.807) is 11.1 Å². The van der Waals surface area contributed by atoms with Crippen LogP contribution in [0.2, 0.25) is 0 Å². The van der Waals surface area contributed by atoms with Crippen LogP contribution >= 0.6 is 15.9 Å². The van der Waals surface area contributed by atoms with Gasteiger partial charge in [-0.05, 0) is 10.9 Å². The van der Waals surface area contributed by atoms with E-state index >= 15 is 0 Å². The number of rotatable bonds is 3. The SMILES string of the molecule is CC(/C=C/Br)CC(=O)O. The third-order valence-electron chi connectivity index (χ3n) is 0.898. The molecule has 0 fully saturated rings. The summed E-state index contributed by atoms with van der Waals surface area (Å²) in [6.07, 6.45) is 2.00. The minimum atomic E-state index is -0.756. The minimum absolute atomic E-state index is 0.113. The fourth-order valence-corrected chi connectivity index (χ4v) is 0.989. The molecule has 0 aliphatic carbocycles. The first kappa shape index (κ1) is 8.69. The standard InChI is InChI=1S/C6H9BrO2/c1-5(2-3-7)4-6(8)9/h2-3,5H,4H2,1H3,(H,8,9)/b3-2+. The summed E-state index contributed by atoms with van der Waals surface area (Å²) in [6.45, 7) is 1.85. The summed E-state index contributed by atoms with van der Waals surface area (Å²) in [5.74, 6) is -0.644. The van der Waals surface area contributed by atoms with Crippen molar-refractivity contribution in [3.63, 3.8) is 0 Å². The van der Waals surface area contributed by atoms with Crippen LogP contribution in [0.15, 0.2) is 11.1 Å². The zero-order valence-electron chi connectivity index (χ0n) is 5.17. The van der Waals surface area contributed by atoms with Crippen molar-refractivity contribution in [3.8, 4) is 0 Å². The molecule has 0 aromatic heterocycles. The Labute approximate surface area is 62.7 Å². The molecule has 52 valence electrons. The number of allylic oxidation sites excluding steroid dienone is 1. The molecule has 1 unspecified atom stereocenters. The summed E-state index contributed by atoms with van der Waals surface area (Å²) in [7, 11) is 0. The van der Waals surface area contributed by atoms with E-state index in [-0.39, 0.29) is 12.3 Å². The summed E-state index contributed by atoms with van der Waals surface area (Å²) < 4.78 is 0. The Bertz CT molecular complexity index is 120. The maximum absolute atomic E-state index is 10.0. The molecule has 1 N–H and O–H groups in total. The van der Waals surface area contributed by atoms with E-state index in [0.29, 0.717) is 0 Å². The molecule has 0 aromatic rings. The highest BCUT2D eigenvalue weighted by atomic mass is 79.9. The van der Waals surface area contributed by atoms with E-state index in [9.17, 15) is 4.79 Å². The first-order valence-electron chi connectivity index (χ1n) is 2.65. The van der Waals surface area contributed by atoms with Crippen molar-refractivity contribution in [1.82, 2.24) is 0 Å². The van der Waals surface area contributed by atoms with Gasteiger partial charge in [0.1, 0.15) is 0 Å². The van der Waals surface area contributed by atoms with Crippen LogP contribution in [-0.4, -0.2) is 11.1 Å². The molecule has 0 rings (SSSR count). The van der Waals surface area contributed by atoms with Gasteiger partial charge in [-0.2, -0.15) is 0 Å². The van der Waals surface area contributed by atoms with Crippen LogP contribution in [0, 0.1) is 5.92 Å². The third-order valence-corrected chi connectivity index (χ3v) is 1.20. The van der Waals surface area contributed by atoms with Crippen molar-refractivity contribution in [3.05, 3.63) is 11.1 Å². The molecule has 0 radical (unpaired) electrons. The Balaban J connectivity index is 3.50. The summed E-state index contributed by atoms with van der Waals surface area (Å²) >= 11 is 3.07. The van der Waals surface area contributed by atoms with Gasteiger partial charge in [0.15, 0.2) is 0 Å². The van der Waals surface area contributed by atoms with Crippen LogP contribution in [0.5, 0.6) is 0 Å². The Morgan fingerprint density at radius 2 is 2.44 bits per heavy atom. The molecule has 0 aliphatic rings. The topological polar surface area (TPSA) is 37.3 Å². The minimum Gasteiger partial charge on any atom is -0.481 e. The lowest BCUT2D eigenvalue weighted by Gasteiger charge is -1.97. The molecule has 0 aromatic carbocycles. The summed E-state index contributed by atoms with van der Waals surface area (Å²) in [6, 6.07) is 0. The molecule has 0 bridgehead atoms. The molecule has 0 saturated carbocycles. The predicted octanol–water partition coefficient (Wildman–Crippen LogP) is 2.01. The van der Waals surface area contributed by atoms with Crippen LogP contribution < -0.4 is 0 Å². The lowest BCUT2D eigenvalue weighted by atomic mass is 10.1. The fourth-order valence-electron chi connectivity index (χ4n) is 0.468. The van der Waals surface area contributed by atoms with Gasteiger partial charge in [0.2, 0.25) is 0 Å². The molecule has 9 heavy (non-hydrogen) atoms. The average molecular weight is 193 g/mol. The van der Waals surface area contributed by atoms with Crippen LogP contribution in [-0.2, 0) is 4.79 Å². The second kappa shape index (κ2) is 4.56. The van der Waals surface area contributed by atoms with Crippen molar-refractivity contribution in [2.24, 2.45) is 5.92 Å². The van der Waals surface area contributed by atoms with Gasteiger partial charge in [-0.3, -0.25) is 4.79 Å². The first-order chi connectivity index (χ1) is 4.16. The largest absolute Gasteiger partial charge is 0.481 e. The number of aliphatic carboxylic acids is 1. The lowest BCUT2D eigenvalue weighted by Crippen LogP contribution is -2.00. The van der Waals surface area contributed by atoms with E-state index in [2.05, 4.69) is 15.9 Å². The monoisotopic (exact) mass is 192 g/mol. The average Bonchev–Trinajstić information content (AvgIpc) is 1.63. The molecule has 2 nitrogen and oxygen atoms in total. The Hall–Kier alpha value is -0.310. The van der Waals surface area contributed by atoms with E-state index < -0.39 is 5.97 Å². The number of carboxylic acids is 1. The molecular formula is C6H9BrO2. The van der Waals surface area contributed by atoms with Crippen molar-refractivity contribution in [2.75, 3.05) is 0 Å². The maximum Gasteiger partial charge on any atom is 0.303 e. The zero-order chi connectivity index (χ0) is 7.28. The second-order valence-corrected chi connectivity index (χ2v) is 2.42. The van der Waals surface area contributed by atoms with Crippen molar-refractivity contribution in [2.45, 2.75) is 13.3 Å². The lowest BCUT2D eigenvalue weighted by molar-refractivity contribution is -0.137. The number of hydrogen-bond donors (Lipinski definition) is 1. The highest BCUT2D eigenvalue weighted by Gasteiger charge is 2.01. The Morgan fingerprint density at radius 3 is 2.78 bits per heavy atom. The van der Waals surface area contributed by atoms with Gasteiger partial charge in [0.05, 0.1) is 6.42 Å². The maximum atomic E-state index is 10.0. The number of carbonyl (C=O) groups is 1. The second-order valence-electron chi connectivity index (χ2n) is 1.89. The molecule has 0 aliphatic heterocycles.